The Hall–Kier alpha value is -1.60. The number of benzene rings is 1. The number of rotatable bonds is 7. The molecule has 4 atom stereocenters. The summed E-state index contributed by atoms with van der Waals surface area (Å²) in [4.78, 5) is 15.0. The van der Waals surface area contributed by atoms with Gasteiger partial charge in [0.1, 0.15) is 0 Å². The molecule has 0 radical (unpaired) electrons. The zero-order valence-electron chi connectivity index (χ0n) is 20.8. The van der Waals surface area contributed by atoms with Crippen LogP contribution in [0, 0.1) is 5.92 Å². The number of carbonyl (C=O) groups excluding carboxylic acids is 1. The minimum atomic E-state index is -4.37. The second-order valence-corrected chi connectivity index (χ2v) is 9.49. The summed E-state index contributed by atoms with van der Waals surface area (Å²) >= 11 is 0. The predicted molar refractivity (Wildman–Crippen MR) is 126 cm³/mol. The Morgan fingerprint density at radius 1 is 1.27 bits per heavy atom. The lowest BCUT2D eigenvalue weighted by Gasteiger charge is -2.37. The molecule has 33 heavy (non-hydrogen) atoms. The third-order valence-electron chi connectivity index (χ3n) is 6.58. The molecule has 0 spiro atoms. The maximum absolute atomic E-state index is 13.2. The van der Waals surface area contributed by atoms with Crippen LogP contribution in [0.15, 0.2) is 18.2 Å². The molecule has 0 aromatic heterocycles. The van der Waals surface area contributed by atoms with Crippen LogP contribution in [0.3, 0.4) is 0 Å². The van der Waals surface area contributed by atoms with E-state index in [1.54, 1.807) is 18.1 Å². The maximum Gasteiger partial charge on any atom is 0.416 e. The maximum atomic E-state index is 13.2. The number of halogens is 3. The Labute approximate surface area is 197 Å². The average molecular weight is 471 g/mol. The monoisotopic (exact) mass is 470 g/mol. The fourth-order valence-electron chi connectivity index (χ4n) is 4.90. The first-order valence-electron chi connectivity index (χ1n) is 12.4. The molecule has 1 aromatic carbocycles. The summed E-state index contributed by atoms with van der Waals surface area (Å²) in [6.45, 7) is 9.58. The van der Waals surface area contributed by atoms with Crippen LogP contribution in [0.5, 0.6) is 0 Å². The highest BCUT2D eigenvalue weighted by Crippen LogP contribution is 2.38. The quantitative estimate of drug-likeness (QED) is 0.487. The molecular weight excluding hydrogens is 429 g/mol. The molecule has 1 amide bonds. The van der Waals surface area contributed by atoms with Crippen LogP contribution in [-0.2, 0) is 22.1 Å². The van der Waals surface area contributed by atoms with Crippen molar-refractivity contribution in [3.63, 3.8) is 0 Å². The van der Waals surface area contributed by atoms with E-state index < -0.39 is 11.7 Å². The van der Waals surface area contributed by atoms with Crippen LogP contribution >= 0.6 is 0 Å². The summed E-state index contributed by atoms with van der Waals surface area (Å²) in [5.74, 6) is 0.0328. The van der Waals surface area contributed by atoms with Crippen molar-refractivity contribution in [1.29, 1.82) is 0 Å². The molecular formula is C26H41F3N2O2. The van der Waals surface area contributed by atoms with Gasteiger partial charge in [-0.05, 0) is 75.6 Å². The summed E-state index contributed by atoms with van der Waals surface area (Å²) in [7, 11) is 1.70. The minimum Gasteiger partial charge on any atom is -0.385 e. The molecule has 0 saturated heterocycles. The van der Waals surface area contributed by atoms with E-state index in [2.05, 4.69) is 26.1 Å². The van der Waals surface area contributed by atoms with Crippen molar-refractivity contribution < 1.29 is 22.7 Å². The minimum absolute atomic E-state index is 0.0523. The largest absolute Gasteiger partial charge is 0.416 e. The molecule has 4 unspecified atom stereocenters. The van der Waals surface area contributed by atoms with Crippen LogP contribution in [0.2, 0.25) is 0 Å². The van der Waals surface area contributed by atoms with Crippen molar-refractivity contribution in [3.8, 4) is 0 Å². The van der Waals surface area contributed by atoms with Gasteiger partial charge in [-0.15, -0.1) is 0 Å². The van der Waals surface area contributed by atoms with E-state index in [-0.39, 0.29) is 17.9 Å². The first-order valence-corrected chi connectivity index (χ1v) is 12.4. The third kappa shape index (κ3) is 7.71. The van der Waals surface area contributed by atoms with Crippen LogP contribution < -0.4 is 5.32 Å². The molecule has 1 saturated carbocycles. The second-order valence-electron chi connectivity index (χ2n) is 9.49. The zero-order valence-corrected chi connectivity index (χ0v) is 20.8. The summed E-state index contributed by atoms with van der Waals surface area (Å²) in [6, 6.07) is 4.30. The van der Waals surface area contributed by atoms with E-state index in [0.717, 1.165) is 50.3 Å². The van der Waals surface area contributed by atoms with Crippen LogP contribution in [0.1, 0.15) is 89.0 Å². The van der Waals surface area contributed by atoms with Gasteiger partial charge < -0.3 is 15.0 Å². The van der Waals surface area contributed by atoms with E-state index in [0.29, 0.717) is 30.6 Å². The van der Waals surface area contributed by atoms with Gasteiger partial charge in [0.25, 0.3) is 0 Å². The van der Waals surface area contributed by atoms with Crippen molar-refractivity contribution in [2.45, 2.75) is 96.9 Å². The van der Waals surface area contributed by atoms with E-state index >= 15 is 0 Å². The molecule has 1 fully saturated rings. The predicted octanol–water partition coefficient (Wildman–Crippen LogP) is 6.14. The molecule has 2 aliphatic rings. The highest BCUT2D eigenvalue weighted by Gasteiger charge is 2.38. The molecule has 1 heterocycles. The molecule has 7 heteroatoms. The molecule has 188 valence electrons. The SMILES string of the molecule is CCC.COCCCC(C)NC1CCC(C(=O)N2CCc3ccc(C(F)(F)F)cc3C2C)C1. The molecule has 1 aliphatic heterocycles. The van der Waals surface area contributed by atoms with Crippen LogP contribution in [-0.4, -0.2) is 43.2 Å². The normalized spacial score (nSPS) is 23.5. The number of hydrogen-bond acceptors (Lipinski definition) is 3. The number of methoxy groups -OCH3 is 1. The van der Waals surface area contributed by atoms with Gasteiger partial charge in [0, 0.05) is 38.3 Å². The fraction of sp³-hybridized carbons (Fsp3) is 0.731. The summed E-state index contributed by atoms with van der Waals surface area (Å²) < 4.78 is 44.5. The number of nitrogens with one attached hydrogen (secondary N) is 1. The van der Waals surface area contributed by atoms with Gasteiger partial charge in [-0.3, -0.25) is 4.79 Å². The van der Waals surface area contributed by atoms with Gasteiger partial charge in [0.15, 0.2) is 0 Å². The summed E-state index contributed by atoms with van der Waals surface area (Å²) in [6.07, 6.45) is 2.11. The smallest absolute Gasteiger partial charge is 0.385 e. The number of nitrogens with zero attached hydrogens (tertiary/aromatic N) is 1. The number of hydrogen-bond donors (Lipinski definition) is 1. The van der Waals surface area contributed by atoms with Crippen molar-refractivity contribution in [2.75, 3.05) is 20.3 Å². The average Bonchev–Trinajstić information content (AvgIpc) is 3.22. The number of amides is 1. The van der Waals surface area contributed by atoms with Crippen molar-refractivity contribution >= 4 is 5.91 Å². The van der Waals surface area contributed by atoms with Crippen LogP contribution in [0.25, 0.3) is 0 Å². The molecule has 1 aromatic rings. The Bertz CT molecular complexity index is 754. The molecule has 3 rings (SSSR count). The lowest BCUT2D eigenvalue weighted by molar-refractivity contribution is -0.138. The fourth-order valence-corrected chi connectivity index (χ4v) is 4.90. The number of alkyl halides is 3. The van der Waals surface area contributed by atoms with E-state index in [4.69, 9.17) is 4.74 Å². The van der Waals surface area contributed by atoms with E-state index in [1.165, 1.54) is 12.5 Å². The highest BCUT2D eigenvalue weighted by atomic mass is 19.4. The van der Waals surface area contributed by atoms with Gasteiger partial charge in [0.05, 0.1) is 11.6 Å². The molecule has 1 aliphatic carbocycles. The lowest BCUT2D eigenvalue weighted by Crippen LogP contribution is -2.42. The van der Waals surface area contributed by atoms with E-state index in [1.807, 2.05) is 6.92 Å². The Morgan fingerprint density at radius 2 is 1.97 bits per heavy atom. The Kier molecular flexibility index (Phi) is 10.7. The molecule has 4 nitrogen and oxygen atoms in total. The van der Waals surface area contributed by atoms with Gasteiger partial charge in [-0.1, -0.05) is 26.3 Å². The molecule has 0 bridgehead atoms. The van der Waals surface area contributed by atoms with E-state index in [9.17, 15) is 18.0 Å². The third-order valence-corrected chi connectivity index (χ3v) is 6.58. The van der Waals surface area contributed by atoms with Crippen molar-refractivity contribution in [2.24, 2.45) is 5.92 Å². The number of carbonyl (C=O) groups is 1. The Balaban J connectivity index is 0.00000122. The van der Waals surface area contributed by atoms with Crippen molar-refractivity contribution in [1.82, 2.24) is 10.2 Å². The lowest BCUT2D eigenvalue weighted by atomic mass is 9.90. The summed E-state index contributed by atoms with van der Waals surface area (Å²) in [5, 5.41) is 3.63. The second kappa shape index (κ2) is 12.7. The summed E-state index contributed by atoms with van der Waals surface area (Å²) in [5.41, 5.74) is 0.897. The first kappa shape index (κ1) is 27.6. The van der Waals surface area contributed by atoms with Crippen LogP contribution in [0.4, 0.5) is 13.2 Å². The van der Waals surface area contributed by atoms with Gasteiger partial charge >= 0.3 is 6.18 Å². The zero-order chi connectivity index (χ0) is 24.6. The highest BCUT2D eigenvalue weighted by molar-refractivity contribution is 5.80. The van der Waals surface area contributed by atoms with Crippen molar-refractivity contribution in [3.05, 3.63) is 34.9 Å². The Morgan fingerprint density at radius 3 is 2.61 bits per heavy atom. The number of fused-ring (bicyclic) bond motifs is 1. The van der Waals surface area contributed by atoms with Gasteiger partial charge in [-0.2, -0.15) is 13.2 Å². The number of ether oxygens (including phenoxy) is 1. The standard InChI is InChI=1S/C23H33F3N2O2.C3H8/c1-15(5-4-12-30-3)27-20-9-7-18(13-20)22(29)28-11-10-17-6-8-19(23(24,25)26)14-21(17)16(28)2;1-3-2/h6,8,14-16,18,20,27H,4-5,7,9-13H2,1-3H3;3H2,1-2H3. The molecule has 1 N–H and O–H groups in total. The van der Waals surface area contributed by atoms with Gasteiger partial charge in [-0.25, -0.2) is 0 Å². The first-order chi connectivity index (χ1) is 15.6. The topological polar surface area (TPSA) is 41.6 Å². The van der Waals surface area contributed by atoms with Gasteiger partial charge in [0.2, 0.25) is 5.91 Å².